The van der Waals surface area contributed by atoms with E-state index in [1.54, 1.807) is 13.1 Å². The fourth-order valence-corrected chi connectivity index (χ4v) is 3.10. The van der Waals surface area contributed by atoms with Crippen LogP contribution in [0.5, 0.6) is 0 Å². The van der Waals surface area contributed by atoms with Gasteiger partial charge < -0.3 is 10.1 Å². The molecular weight excluding hydrogens is 366 g/mol. The number of nitrogens with one attached hydrogen (secondary N) is 1. The van der Waals surface area contributed by atoms with Crippen LogP contribution in [0.4, 0.5) is 5.82 Å². The molecule has 0 aliphatic rings. The average Bonchev–Trinajstić information content (AvgIpc) is 3.18. The van der Waals surface area contributed by atoms with Crippen LogP contribution in [-0.2, 0) is 4.74 Å². The van der Waals surface area contributed by atoms with E-state index in [4.69, 9.17) is 4.74 Å². The van der Waals surface area contributed by atoms with Crippen molar-refractivity contribution >= 4 is 17.4 Å². The number of benzene rings is 1. The first kappa shape index (κ1) is 18.6. The highest BCUT2D eigenvalue weighted by molar-refractivity contribution is 5.94. The molecule has 0 unspecified atom stereocenters. The second-order valence-corrected chi connectivity index (χ2v) is 6.53. The fraction of sp³-hybridized carbons (Fsp3) is 0.182. The summed E-state index contributed by atoms with van der Waals surface area (Å²) in [6.45, 7) is 4.06. The number of imidazole rings is 1. The Labute approximate surface area is 168 Å². The lowest BCUT2D eigenvalue weighted by atomic mass is 10.1. The minimum Gasteiger partial charge on any atom is -0.462 e. The lowest BCUT2D eigenvalue weighted by Gasteiger charge is -2.17. The molecule has 7 heteroatoms. The zero-order chi connectivity index (χ0) is 20.2. The van der Waals surface area contributed by atoms with Gasteiger partial charge in [0.25, 0.3) is 0 Å². The van der Waals surface area contributed by atoms with Gasteiger partial charge >= 0.3 is 5.97 Å². The number of carbonyl (C=O) groups excluding carboxylic acids is 1. The molecule has 29 heavy (non-hydrogen) atoms. The zero-order valence-corrected chi connectivity index (χ0v) is 16.2. The number of carbonyl (C=O) groups is 1. The predicted molar refractivity (Wildman–Crippen MR) is 111 cm³/mol. The summed E-state index contributed by atoms with van der Waals surface area (Å²) < 4.78 is 7.09. The van der Waals surface area contributed by atoms with Crippen LogP contribution in [0.2, 0.25) is 0 Å². The smallest absolute Gasteiger partial charge is 0.343 e. The van der Waals surface area contributed by atoms with E-state index in [0.29, 0.717) is 17.2 Å². The van der Waals surface area contributed by atoms with Crippen molar-refractivity contribution in [2.75, 3.05) is 11.9 Å². The first-order chi connectivity index (χ1) is 14.2. The van der Waals surface area contributed by atoms with Crippen LogP contribution < -0.4 is 5.32 Å². The number of hydrogen-bond donors (Lipinski definition) is 1. The summed E-state index contributed by atoms with van der Waals surface area (Å²) in [5.74, 6) is 0.440. The number of esters is 1. The van der Waals surface area contributed by atoms with Gasteiger partial charge in [-0.05, 0) is 31.5 Å². The minimum atomic E-state index is -0.458. The highest BCUT2D eigenvalue weighted by atomic mass is 16.5. The summed E-state index contributed by atoms with van der Waals surface area (Å²) in [6.07, 6.45) is 5.13. The predicted octanol–water partition coefficient (Wildman–Crippen LogP) is 4.14. The van der Waals surface area contributed by atoms with Crippen molar-refractivity contribution in [3.05, 3.63) is 78.2 Å². The summed E-state index contributed by atoms with van der Waals surface area (Å²) in [4.78, 5) is 25.9. The van der Waals surface area contributed by atoms with Gasteiger partial charge in [-0.2, -0.15) is 0 Å². The van der Waals surface area contributed by atoms with E-state index in [2.05, 4.69) is 20.3 Å². The molecule has 0 saturated heterocycles. The lowest BCUT2D eigenvalue weighted by Crippen LogP contribution is -2.15. The Morgan fingerprint density at radius 1 is 1.10 bits per heavy atom. The van der Waals surface area contributed by atoms with E-state index < -0.39 is 5.97 Å². The van der Waals surface area contributed by atoms with E-state index >= 15 is 0 Å². The van der Waals surface area contributed by atoms with E-state index in [-0.39, 0.29) is 12.6 Å². The van der Waals surface area contributed by atoms with Crippen molar-refractivity contribution < 1.29 is 9.53 Å². The normalized spacial score (nSPS) is 11.9. The molecule has 3 heterocycles. The largest absolute Gasteiger partial charge is 0.462 e. The van der Waals surface area contributed by atoms with Gasteiger partial charge in [-0.3, -0.25) is 4.40 Å². The van der Waals surface area contributed by atoms with Crippen LogP contribution in [0.15, 0.2) is 67.1 Å². The van der Waals surface area contributed by atoms with Gasteiger partial charge in [0.1, 0.15) is 22.7 Å². The molecule has 1 atom stereocenters. The number of hydrogen-bond acceptors (Lipinski definition) is 6. The molecule has 0 radical (unpaired) electrons. The van der Waals surface area contributed by atoms with Crippen LogP contribution in [0.25, 0.3) is 17.2 Å². The molecule has 0 fully saturated rings. The fourth-order valence-electron chi connectivity index (χ4n) is 3.10. The number of fused-ring (bicyclic) bond motifs is 1. The van der Waals surface area contributed by atoms with Gasteiger partial charge in [-0.1, -0.05) is 36.4 Å². The maximum atomic E-state index is 12.4. The third kappa shape index (κ3) is 3.80. The number of pyridine rings is 1. The van der Waals surface area contributed by atoms with Crippen molar-refractivity contribution in [3.8, 4) is 11.5 Å². The van der Waals surface area contributed by atoms with Crippen molar-refractivity contribution in [2.24, 2.45) is 0 Å². The third-order valence-corrected chi connectivity index (χ3v) is 4.58. The molecule has 1 N–H and O–H groups in total. The highest BCUT2D eigenvalue weighted by Gasteiger charge is 2.19. The summed E-state index contributed by atoms with van der Waals surface area (Å²) in [5.41, 5.74) is 2.92. The SMILES string of the molecule is CCOC(=O)c1cnc(-c2cnc3ccccn23)nc1N[C@H](C)c1ccccc1. The summed E-state index contributed by atoms with van der Waals surface area (Å²) in [5, 5.41) is 3.33. The Morgan fingerprint density at radius 2 is 1.90 bits per heavy atom. The van der Waals surface area contributed by atoms with Gasteiger partial charge in [-0.25, -0.2) is 19.7 Å². The molecule has 3 aromatic heterocycles. The Balaban J connectivity index is 1.75. The first-order valence-corrected chi connectivity index (χ1v) is 9.45. The molecule has 0 spiro atoms. The molecule has 146 valence electrons. The first-order valence-electron chi connectivity index (χ1n) is 9.45. The summed E-state index contributed by atoms with van der Waals surface area (Å²) >= 11 is 0. The zero-order valence-electron chi connectivity index (χ0n) is 16.2. The lowest BCUT2D eigenvalue weighted by molar-refractivity contribution is 0.0526. The molecule has 7 nitrogen and oxygen atoms in total. The Hall–Kier alpha value is -3.74. The maximum Gasteiger partial charge on any atom is 0.343 e. The topological polar surface area (TPSA) is 81.4 Å². The second kappa shape index (κ2) is 8.10. The summed E-state index contributed by atoms with van der Waals surface area (Å²) in [7, 11) is 0. The van der Waals surface area contributed by atoms with Crippen LogP contribution in [-0.4, -0.2) is 31.9 Å². The number of rotatable bonds is 6. The van der Waals surface area contributed by atoms with Crippen molar-refractivity contribution in [3.63, 3.8) is 0 Å². The summed E-state index contributed by atoms with van der Waals surface area (Å²) in [6, 6.07) is 15.7. The van der Waals surface area contributed by atoms with Gasteiger partial charge in [0.2, 0.25) is 0 Å². The van der Waals surface area contributed by atoms with Crippen LogP contribution in [0.3, 0.4) is 0 Å². The van der Waals surface area contributed by atoms with E-state index in [0.717, 1.165) is 16.9 Å². The van der Waals surface area contributed by atoms with Gasteiger partial charge in [0.15, 0.2) is 5.82 Å². The maximum absolute atomic E-state index is 12.4. The standard InChI is InChI=1S/C22H21N5O2/c1-3-29-22(28)17-13-24-21(18-14-23-19-11-7-8-12-27(18)19)26-20(17)25-15(2)16-9-5-4-6-10-16/h4-15H,3H2,1-2H3,(H,24,25,26)/t15-/m1/s1. The van der Waals surface area contributed by atoms with Gasteiger partial charge in [-0.15, -0.1) is 0 Å². The second-order valence-electron chi connectivity index (χ2n) is 6.53. The van der Waals surface area contributed by atoms with Gasteiger partial charge in [0, 0.05) is 18.4 Å². The monoisotopic (exact) mass is 387 g/mol. The number of ether oxygens (including phenoxy) is 1. The molecule has 0 amide bonds. The van der Waals surface area contributed by atoms with Gasteiger partial charge in [0.05, 0.1) is 12.8 Å². The van der Waals surface area contributed by atoms with Crippen molar-refractivity contribution in [1.29, 1.82) is 0 Å². The number of aromatic nitrogens is 4. The highest BCUT2D eigenvalue weighted by Crippen LogP contribution is 2.25. The van der Waals surface area contributed by atoms with E-state index in [9.17, 15) is 4.79 Å². The Kier molecular flexibility index (Phi) is 5.20. The quantitative estimate of drug-likeness (QED) is 0.501. The van der Waals surface area contributed by atoms with Crippen molar-refractivity contribution in [2.45, 2.75) is 19.9 Å². The van der Waals surface area contributed by atoms with E-state index in [1.165, 1.54) is 6.20 Å². The van der Waals surface area contributed by atoms with Crippen LogP contribution >= 0.6 is 0 Å². The number of nitrogens with zero attached hydrogens (tertiary/aromatic N) is 4. The van der Waals surface area contributed by atoms with Crippen LogP contribution in [0, 0.1) is 0 Å². The molecule has 1 aromatic carbocycles. The molecule has 0 aliphatic carbocycles. The third-order valence-electron chi connectivity index (χ3n) is 4.58. The minimum absolute atomic E-state index is 0.0608. The average molecular weight is 387 g/mol. The molecule has 4 aromatic rings. The van der Waals surface area contributed by atoms with E-state index in [1.807, 2.05) is 66.1 Å². The molecule has 4 rings (SSSR count). The van der Waals surface area contributed by atoms with Crippen LogP contribution in [0.1, 0.15) is 35.8 Å². The Bertz CT molecular complexity index is 1140. The Morgan fingerprint density at radius 3 is 2.69 bits per heavy atom. The number of anilines is 1. The van der Waals surface area contributed by atoms with Crippen molar-refractivity contribution in [1.82, 2.24) is 19.4 Å². The molecular formula is C22H21N5O2. The molecule has 0 aliphatic heterocycles. The molecule has 0 bridgehead atoms. The molecule has 0 saturated carbocycles.